The van der Waals surface area contributed by atoms with Crippen LogP contribution in [0.2, 0.25) is 0 Å². The molecule has 0 aromatic heterocycles. The molecule has 0 aromatic rings. The quantitative estimate of drug-likeness (QED) is 0.248. The Kier molecular flexibility index (Phi) is 7.25. The van der Waals surface area contributed by atoms with Crippen LogP contribution in [0.25, 0.3) is 0 Å². The molecule has 164 valence electrons. The Bertz CT molecular complexity index is 734. The van der Waals surface area contributed by atoms with Crippen LogP contribution >= 0.6 is 0 Å². The summed E-state index contributed by atoms with van der Waals surface area (Å²) in [6.07, 6.45) is 4.15. The van der Waals surface area contributed by atoms with Crippen LogP contribution in [0.1, 0.15) is 40.5 Å². The number of hydrogen-bond acceptors (Lipinski definition) is 10. The van der Waals surface area contributed by atoms with Crippen LogP contribution in [0.15, 0.2) is 35.8 Å². The number of ether oxygens (including phenoxy) is 6. The van der Waals surface area contributed by atoms with Crippen LogP contribution in [-0.4, -0.2) is 48.7 Å². The zero-order valence-electron chi connectivity index (χ0n) is 17.2. The van der Waals surface area contributed by atoms with Gasteiger partial charge in [-0.2, -0.15) is 0 Å². The highest BCUT2D eigenvalue weighted by atomic mass is 16.8. The highest BCUT2D eigenvalue weighted by molar-refractivity contribution is 5.91. The number of hydrogen-bond donors (Lipinski definition) is 0. The number of carbonyl (C=O) groups excluding carboxylic acids is 4. The van der Waals surface area contributed by atoms with Gasteiger partial charge in [0.2, 0.25) is 0 Å². The van der Waals surface area contributed by atoms with E-state index in [4.69, 9.17) is 28.4 Å². The third-order valence-corrected chi connectivity index (χ3v) is 3.99. The third-order valence-electron chi connectivity index (χ3n) is 3.99. The first-order valence-electron chi connectivity index (χ1n) is 9.24. The highest BCUT2D eigenvalue weighted by Crippen LogP contribution is 2.30. The Hall–Kier alpha value is -3.30. The largest absolute Gasteiger partial charge is 0.514 e. The Morgan fingerprint density at radius 1 is 0.767 bits per heavy atom. The average molecular weight is 424 g/mol. The van der Waals surface area contributed by atoms with Crippen molar-refractivity contribution in [3.05, 3.63) is 35.8 Å². The number of esters is 2. The number of carbonyl (C=O) groups is 4. The van der Waals surface area contributed by atoms with Gasteiger partial charge in [0, 0.05) is 25.0 Å². The normalized spacial score (nSPS) is 21.9. The molecular weight excluding hydrogens is 400 g/mol. The third kappa shape index (κ3) is 6.64. The van der Waals surface area contributed by atoms with Crippen molar-refractivity contribution in [1.29, 1.82) is 0 Å². The molecule has 0 saturated carbocycles. The van der Waals surface area contributed by atoms with Crippen molar-refractivity contribution < 1.29 is 47.6 Å². The van der Waals surface area contributed by atoms with E-state index >= 15 is 0 Å². The minimum atomic E-state index is -0.858. The molecule has 0 radical (unpaired) electrons. The van der Waals surface area contributed by atoms with Crippen molar-refractivity contribution in [2.45, 2.75) is 51.7 Å². The molecule has 0 atom stereocenters. The van der Waals surface area contributed by atoms with Gasteiger partial charge in [-0.1, -0.05) is 0 Å². The smallest absolute Gasteiger partial charge is 0.462 e. The lowest BCUT2D eigenvalue weighted by Crippen LogP contribution is -2.20. The van der Waals surface area contributed by atoms with Crippen molar-refractivity contribution in [2.75, 3.05) is 13.2 Å². The van der Waals surface area contributed by atoms with E-state index in [1.807, 2.05) is 0 Å². The lowest BCUT2D eigenvalue weighted by molar-refractivity contribution is -0.140. The molecule has 2 rings (SSSR count). The summed E-state index contributed by atoms with van der Waals surface area (Å²) in [5.74, 6) is -0.744. The second-order valence-electron chi connectivity index (χ2n) is 7.31. The van der Waals surface area contributed by atoms with Gasteiger partial charge in [-0.05, 0) is 39.8 Å². The van der Waals surface area contributed by atoms with Gasteiger partial charge >= 0.3 is 24.2 Å². The molecule has 0 amide bonds. The van der Waals surface area contributed by atoms with Crippen molar-refractivity contribution in [3.63, 3.8) is 0 Å². The summed E-state index contributed by atoms with van der Waals surface area (Å²) >= 11 is 0. The summed E-state index contributed by atoms with van der Waals surface area (Å²) in [5.41, 5.74) is -1.72. The average Bonchev–Trinajstić information content (AvgIpc) is 3.05. The van der Waals surface area contributed by atoms with Crippen molar-refractivity contribution in [2.24, 2.45) is 0 Å². The van der Waals surface area contributed by atoms with Crippen molar-refractivity contribution >= 4 is 24.2 Å². The molecule has 10 heteroatoms. The molecule has 2 aliphatic heterocycles. The maximum atomic E-state index is 11.6. The fraction of sp³-hybridized carbons (Fsp3) is 0.500. The van der Waals surface area contributed by atoms with Gasteiger partial charge in [-0.15, -0.1) is 0 Å². The number of cyclic esters (lactones) is 4. The Morgan fingerprint density at radius 2 is 1.13 bits per heavy atom. The summed E-state index contributed by atoms with van der Waals surface area (Å²) in [4.78, 5) is 45.4. The molecule has 10 nitrogen and oxygen atoms in total. The van der Waals surface area contributed by atoms with E-state index in [1.54, 1.807) is 39.8 Å². The summed E-state index contributed by atoms with van der Waals surface area (Å²) in [6, 6.07) is 0. The minimum absolute atomic E-state index is 0.0273. The lowest BCUT2D eigenvalue weighted by Gasteiger charge is -2.13. The van der Waals surface area contributed by atoms with E-state index in [9.17, 15) is 19.2 Å². The van der Waals surface area contributed by atoms with Crippen LogP contribution in [0.3, 0.4) is 0 Å². The SMILES string of the molecule is CC1(C)OC(=O)O/C1=C/CCOC(=O)/C=C/C(=O)OCC/C=C1/OC(=O)OC1(C)C. The first-order valence-corrected chi connectivity index (χ1v) is 9.24. The molecular formula is C20H24O10. The van der Waals surface area contributed by atoms with Crippen LogP contribution < -0.4 is 0 Å². The topological polar surface area (TPSA) is 124 Å². The van der Waals surface area contributed by atoms with Gasteiger partial charge in [0.05, 0.1) is 13.2 Å². The zero-order chi connectivity index (χ0) is 22.4. The van der Waals surface area contributed by atoms with Gasteiger partial charge in [0.1, 0.15) is 0 Å². The molecule has 0 bridgehead atoms. The second kappa shape index (κ2) is 9.47. The van der Waals surface area contributed by atoms with Gasteiger partial charge in [-0.25, -0.2) is 19.2 Å². The van der Waals surface area contributed by atoms with E-state index < -0.39 is 35.5 Å². The maximum Gasteiger partial charge on any atom is 0.514 e. The Labute approximate surface area is 173 Å². The van der Waals surface area contributed by atoms with Crippen molar-refractivity contribution in [1.82, 2.24) is 0 Å². The van der Waals surface area contributed by atoms with E-state index in [0.29, 0.717) is 24.4 Å². The summed E-state index contributed by atoms with van der Waals surface area (Å²) < 4.78 is 29.6. The second-order valence-corrected chi connectivity index (χ2v) is 7.31. The molecule has 30 heavy (non-hydrogen) atoms. The van der Waals surface area contributed by atoms with E-state index in [-0.39, 0.29) is 13.2 Å². The molecule has 2 fully saturated rings. The monoisotopic (exact) mass is 424 g/mol. The molecule has 0 aromatic carbocycles. The van der Waals surface area contributed by atoms with Crippen LogP contribution in [-0.2, 0) is 38.0 Å². The molecule has 0 N–H and O–H groups in total. The number of rotatable bonds is 8. The fourth-order valence-electron chi connectivity index (χ4n) is 2.49. The molecule has 0 aliphatic carbocycles. The molecule has 0 spiro atoms. The standard InChI is InChI=1S/C20H24O10/c1-19(2)13(27-17(23)29-19)7-5-11-25-15(21)9-10-16(22)26-12-6-8-14-20(3,4)30-18(24)28-14/h7-10H,5-6,11-12H2,1-4H3/b10-9+,13-7+,14-8+. The van der Waals surface area contributed by atoms with Gasteiger partial charge in [0.25, 0.3) is 0 Å². The summed E-state index contributed by atoms with van der Waals surface area (Å²) in [5, 5.41) is 0. The van der Waals surface area contributed by atoms with Crippen LogP contribution in [0, 0.1) is 0 Å². The van der Waals surface area contributed by atoms with Gasteiger partial charge in [0.15, 0.2) is 22.7 Å². The zero-order valence-corrected chi connectivity index (χ0v) is 17.2. The molecule has 2 aliphatic rings. The molecule has 2 heterocycles. The predicted molar refractivity (Wildman–Crippen MR) is 99.7 cm³/mol. The van der Waals surface area contributed by atoms with Crippen LogP contribution in [0.4, 0.5) is 9.59 Å². The summed E-state index contributed by atoms with van der Waals surface area (Å²) in [6.45, 7) is 6.76. The Morgan fingerprint density at radius 3 is 1.43 bits per heavy atom. The van der Waals surface area contributed by atoms with E-state index in [1.165, 1.54) is 0 Å². The molecule has 2 saturated heterocycles. The fourth-order valence-corrected chi connectivity index (χ4v) is 2.49. The van der Waals surface area contributed by atoms with E-state index in [2.05, 4.69) is 0 Å². The first kappa shape index (κ1) is 23.0. The van der Waals surface area contributed by atoms with E-state index in [0.717, 1.165) is 12.2 Å². The van der Waals surface area contributed by atoms with Gasteiger partial charge in [-0.3, -0.25) is 0 Å². The molecule has 0 unspecified atom stereocenters. The predicted octanol–water partition coefficient (Wildman–Crippen LogP) is 3.07. The maximum absolute atomic E-state index is 11.6. The Balaban J connectivity index is 1.64. The highest BCUT2D eigenvalue weighted by Gasteiger charge is 2.39. The van der Waals surface area contributed by atoms with Crippen molar-refractivity contribution in [3.8, 4) is 0 Å². The van der Waals surface area contributed by atoms with Crippen LogP contribution in [0.5, 0.6) is 0 Å². The summed E-state index contributed by atoms with van der Waals surface area (Å²) in [7, 11) is 0. The minimum Gasteiger partial charge on any atom is -0.462 e. The van der Waals surface area contributed by atoms with Gasteiger partial charge < -0.3 is 28.4 Å². The first-order chi connectivity index (χ1) is 14.0. The lowest BCUT2D eigenvalue weighted by atomic mass is 10.1.